The van der Waals surface area contributed by atoms with Gasteiger partial charge in [-0.25, -0.2) is 4.79 Å². The molecule has 0 bridgehead atoms. The number of amides is 1. The van der Waals surface area contributed by atoms with Crippen LogP contribution in [0.2, 0.25) is 0 Å². The average molecular weight is 276 g/mol. The normalized spacial score (nSPS) is 12.5. The van der Waals surface area contributed by atoms with Gasteiger partial charge in [-0.3, -0.25) is 4.79 Å². The molecule has 0 radical (unpaired) electrons. The first kappa shape index (κ1) is 17.2. The molecule has 0 aromatic rings. The summed E-state index contributed by atoms with van der Waals surface area (Å²) in [5, 5.41) is 8.80. The fourth-order valence-corrected chi connectivity index (χ4v) is 2.29. The lowest BCUT2D eigenvalue weighted by Crippen LogP contribution is -2.41. The maximum Gasteiger partial charge on any atom is 0.326 e. The van der Waals surface area contributed by atoms with Crippen molar-refractivity contribution in [1.29, 1.82) is 0 Å². The van der Waals surface area contributed by atoms with Gasteiger partial charge >= 0.3 is 5.97 Å². The number of carboxylic acids is 1. The first-order chi connectivity index (χ1) is 8.43. The Morgan fingerprint density at radius 1 is 1.28 bits per heavy atom. The molecule has 0 aromatic heterocycles. The second kappa shape index (κ2) is 9.22. The Labute approximate surface area is 114 Å². The molecule has 0 aliphatic heterocycles. The molecular weight excluding hydrogens is 252 g/mol. The molecule has 0 aliphatic rings. The van der Waals surface area contributed by atoms with E-state index in [1.165, 1.54) is 18.9 Å². The molecule has 0 aliphatic carbocycles. The van der Waals surface area contributed by atoms with Crippen LogP contribution in [0, 0.1) is 0 Å². The highest BCUT2D eigenvalue weighted by molar-refractivity contribution is 7.99. The van der Waals surface area contributed by atoms with Crippen LogP contribution >= 0.6 is 11.8 Å². The van der Waals surface area contributed by atoms with Crippen molar-refractivity contribution >= 4 is 23.6 Å². The summed E-state index contributed by atoms with van der Waals surface area (Å²) in [7, 11) is 1.53. The molecule has 0 saturated heterocycles. The topological polar surface area (TPSA) is 60.9 Å². The molecule has 1 atom stereocenters. The lowest BCUT2D eigenvalue weighted by Gasteiger charge is -2.22. The minimum absolute atomic E-state index is 0.130. The summed E-state index contributed by atoms with van der Waals surface area (Å²) in [5.41, 5.74) is 0. The maximum atomic E-state index is 11.7. The predicted molar refractivity (Wildman–Crippen MR) is 75.0 cm³/mol. The monoisotopic (exact) mass is 276 g/mol. The number of carbonyl (C=O) groups excluding carboxylic acids is 1. The number of hydrogen-bond acceptors (Lipinski definition) is 4. The molecule has 0 saturated carbocycles. The van der Waals surface area contributed by atoms with Crippen molar-refractivity contribution in [1.82, 2.24) is 9.80 Å². The Hall–Kier alpha value is -0.750. The summed E-state index contributed by atoms with van der Waals surface area (Å²) in [6.07, 6.45) is 0. The van der Waals surface area contributed by atoms with E-state index in [1.54, 1.807) is 11.8 Å². The van der Waals surface area contributed by atoms with E-state index in [9.17, 15) is 9.59 Å². The van der Waals surface area contributed by atoms with Crippen LogP contribution in [-0.2, 0) is 9.59 Å². The summed E-state index contributed by atoms with van der Waals surface area (Å²) in [5.74, 6) is 0.131. The molecule has 0 heterocycles. The molecule has 18 heavy (non-hydrogen) atoms. The van der Waals surface area contributed by atoms with E-state index in [-0.39, 0.29) is 5.91 Å². The second-order valence-electron chi connectivity index (χ2n) is 4.10. The van der Waals surface area contributed by atoms with Crippen LogP contribution in [0.4, 0.5) is 0 Å². The molecule has 1 N–H and O–H groups in total. The fourth-order valence-electron chi connectivity index (χ4n) is 1.38. The molecule has 0 fully saturated rings. The van der Waals surface area contributed by atoms with Gasteiger partial charge in [0.2, 0.25) is 5.91 Å². The minimum atomic E-state index is -0.973. The van der Waals surface area contributed by atoms with Crippen molar-refractivity contribution in [2.45, 2.75) is 26.8 Å². The van der Waals surface area contributed by atoms with Crippen LogP contribution < -0.4 is 0 Å². The van der Waals surface area contributed by atoms with E-state index in [0.717, 1.165) is 25.4 Å². The highest BCUT2D eigenvalue weighted by Gasteiger charge is 2.21. The number of nitrogens with zero attached hydrogens (tertiary/aromatic N) is 2. The van der Waals surface area contributed by atoms with Crippen LogP contribution in [0.25, 0.3) is 0 Å². The first-order valence-electron chi connectivity index (χ1n) is 6.22. The van der Waals surface area contributed by atoms with Gasteiger partial charge in [0.25, 0.3) is 0 Å². The summed E-state index contributed by atoms with van der Waals surface area (Å²) < 4.78 is 0. The number of hydrogen-bond donors (Lipinski definition) is 1. The van der Waals surface area contributed by atoms with Crippen molar-refractivity contribution in [2.75, 3.05) is 38.2 Å². The van der Waals surface area contributed by atoms with Gasteiger partial charge in [0, 0.05) is 19.3 Å². The highest BCUT2D eigenvalue weighted by atomic mass is 32.2. The van der Waals surface area contributed by atoms with E-state index in [1.807, 2.05) is 0 Å². The molecule has 1 amide bonds. The van der Waals surface area contributed by atoms with E-state index in [0.29, 0.717) is 5.75 Å². The van der Waals surface area contributed by atoms with Crippen molar-refractivity contribution in [3.05, 3.63) is 0 Å². The van der Waals surface area contributed by atoms with Gasteiger partial charge in [-0.15, -0.1) is 0 Å². The van der Waals surface area contributed by atoms with Gasteiger partial charge in [0.05, 0.1) is 5.75 Å². The maximum absolute atomic E-state index is 11.7. The van der Waals surface area contributed by atoms with Crippen LogP contribution in [0.1, 0.15) is 20.8 Å². The molecule has 0 aromatic carbocycles. The Morgan fingerprint density at radius 2 is 1.83 bits per heavy atom. The van der Waals surface area contributed by atoms with E-state index in [2.05, 4.69) is 18.7 Å². The zero-order valence-corrected chi connectivity index (χ0v) is 12.5. The standard InChI is InChI=1S/C12H24N2O3S/c1-5-14(6-2)7-8-18-9-11(15)13(4)10(3)12(16)17/h10H,5-9H2,1-4H3,(H,16,17). The third-order valence-corrected chi connectivity index (χ3v) is 3.93. The fraction of sp³-hybridized carbons (Fsp3) is 0.833. The number of aliphatic carboxylic acids is 1. The largest absolute Gasteiger partial charge is 0.480 e. The van der Waals surface area contributed by atoms with Gasteiger partial charge in [0.15, 0.2) is 0 Å². The second-order valence-corrected chi connectivity index (χ2v) is 5.20. The van der Waals surface area contributed by atoms with Gasteiger partial charge in [-0.1, -0.05) is 13.8 Å². The zero-order valence-electron chi connectivity index (χ0n) is 11.7. The van der Waals surface area contributed by atoms with Gasteiger partial charge in [0.1, 0.15) is 6.04 Å². The smallest absolute Gasteiger partial charge is 0.326 e. The van der Waals surface area contributed by atoms with Gasteiger partial charge in [-0.05, 0) is 20.0 Å². The lowest BCUT2D eigenvalue weighted by atomic mass is 10.3. The number of likely N-dealkylation sites (N-methyl/N-ethyl adjacent to an activating group) is 1. The van der Waals surface area contributed by atoms with Crippen molar-refractivity contribution in [3.8, 4) is 0 Å². The molecule has 0 rings (SSSR count). The Kier molecular flexibility index (Phi) is 8.83. The molecule has 0 spiro atoms. The summed E-state index contributed by atoms with van der Waals surface area (Å²) in [6, 6.07) is -0.763. The highest BCUT2D eigenvalue weighted by Crippen LogP contribution is 2.05. The number of rotatable bonds is 9. The SMILES string of the molecule is CCN(CC)CCSCC(=O)N(C)C(C)C(=O)O. The lowest BCUT2D eigenvalue weighted by molar-refractivity contribution is -0.147. The summed E-state index contributed by atoms with van der Waals surface area (Å²) in [4.78, 5) is 26.0. The molecule has 5 nitrogen and oxygen atoms in total. The molecular formula is C12H24N2O3S. The Morgan fingerprint density at radius 3 is 2.28 bits per heavy atom. The quantitative estimate of drug-likeness (QED) is 0.636. The van der Waals surface area contributed by atoms with Crippen LogP contribution in [0.5, 0.6) is 0 Å². The number of carbonyl (C=O) groups is 2. The summed E-state index contributed by atoms with van der Waals surface area (Å²) in [6.45, 7) is 8.73. The van der Waals surface area contributed by atoms with Gasteiger partial charge < -0.3 is 14.9 Å². The van der Waals surface area contributed by atoms with Crippen molar-refractivity contribution in [2.24, 2.45) is 0 Å². The van der Waals surface area contributed by atoms with Crippen LogP contribution in [0.15, 0.2) is 0 Å². The Bertz CT molecular complexity index is 270. The summed E-state index contributed by atoms with van der Waals surface area (Å²) >= 11 is 1.55. The average Bonchev–Trinajstić information content (AvgIpc) is 2.36. The first-order valence-corrected chi connectivity index (χ1v) is 7.38. The minimum Gasteiger partial charge on any atom is -0.480 e. The Balaban J connectivity index is 3.86. The third kappa shape index (κ3) is 6.26. The predicted octanol–water partition coefficient (Wildman–Crippen LogP) is 0.993. The van der Waals surface area contributed by atoms with Gasteiger partial charge in [-0.2, -0.15) is 11.8 Å². The third-order valence-electron chi connectivity index (χ3n) is 3.00. The number of thioether (sulfide) groups is 1. The van der Waals surface area contributed by atoms with E-state index >= 15 is 0 Å². The van der Waals surface area contributed by atoms with Crippen molar-refractivity contribution in [3.63, 3.8) is 0 Å². The van der Waals surface area contributed by atoms with Crippen molar-refractivity contribution < 1.29 is 14.7 Å². The van der Waals surface area contributed by atoms with Crippen LogP contribution in [0.3, 0.4) is 0 Å². The molecule has 106 valence electrons. The van der Waals surface area contributed by atoms with E-state index < -0.39 is 12.0 Å². The molecule has 1 unspecified atom stereocenters. The molecule has 6 heteroatoms. The van der Waals surface area contributed by atoms with Crippen LogP contribution in [-0.4, -0.2) is 71.0 Å². The number of carboxylic acid groups (broad SMARTS) is 1. The van der Waals surface area contributed by atoms with E-state index in [4.69, 9.17) is 5.11 Å². The zero-order chi connectivity index (χ0) is 14.1.